The molecule has 2 saturated heterocycles. The van der Waals surface area contributed by atoms with Gasteiger partial charge in [0.05, 0.1) is 6.54 Å². The van der Waals surface area contributed by atoms with Crippen LogP contribution in [0.1, 0.15) is 30.9 Å². The zero-order chi connectivity index (χ0) is 22.9. The van der Waals surface area contributed by atoms with E-state index < -0.39 is 0 Å². The van der Waals surface area contributed by atoms with E-state index in [0.717, 1.165) is 69.3 Å². The van der Waals surface area contributed by atoms with E-state index in [2.05, 4.69) is 57.7 Å². The summed E-state index contributed by atoms with van der Waals surface area (Å²) in [5, 5.41) is 6.42. The molecule has 0 aliphatic carbocycles. The van der Waals surface area contributed by atoms with E-state index in [1.807, 2.05) is 24.3 Å². The maximum atomic E-state index is 12.3. The van der Waals surface area contributed by atoms with Gasteiger partial charge in [0.1, 0.15) is 6.10 Å². The summed E-state index contributed by atoms with van der Waals surface area (Å²) in [6.07, 6.45) is 1.41. The molecule has 2 heterocycles. The van der Waals surface area contributed by atoms with Crippen molar-refractivity contribution in [1.82, 2.24) is 15.1 Å². The number of hydrogen-bond donors (Lipinski definition) is 2. The number of piperazine rings is 1. The minimum Gasteiger partial charge on any atom is -0.368 e. The zero-order valence-corrected chi connectivity index (χ0v) is 19.5. The van der Waals surface area contributed by atoms with E-state index in [0.29, 0.717) is 13.2 Å². The van der Waals surface area contributed by atoms with Crippen LogP contribution in [0.2, 0.25) is 0 Å². The monoisotopic (exact) mass is 449 g/mol. The second kappa shape index (κ2) is 11.8. The Hall–Kier alpha value is -2.90. The fraction of sp³-hybridized carbons (Fsp3) is 0.462. The maximum absolute atomic E-state index is 12.3. The van der Waals surface area contributed by atoms with Gasteiger partial charge in [0.2, 0.25) is 0 Å². The number of carbonyl (C=O) groups is 1. The molecule has 0 spiro atoms. The summed E-state index contributed by atoms with van der Waals surface area (Å²) < 4.78 is 5.48. The van der Waals surface area contributed by atoms with Crippen LogP contribution in [0.3, 0.4) is 0 Å². The first-order valence-electron chi connectivity index (χ1n) is 12.0. The SMILES string of the molecule is CCNC(=NCc1cccc(NC(=O)C2CCCO2)c1)N1CCN(Cc2ccccc2)CC1. The third kappa shape index (κ3) is 6.79. The molecule has 1 atom stereocenters. The standard InChI is InChI=1S/C26H35N5O2/c1-2-27-26(31-15-13-30(14-16-31)20-21-8-4-3-5-9-21)28-19-22-10-6-11-23(18-22)29-25(32)24-12-7-17-33-24/h3-6,8-11,18,24H,2,7,12-17,19-20H2,1H3,(H,27,28)(H,29,32). The molecule has 7 nitrogen and oxygen atoms in total. The van der Waals surface area contributed by atoms with Gasteiger partial charge in [0.25, 0.3) is 5.91 Å². The Balaban J connectivity index is 1.32. The highest BCUT2D eigenvalue weighted by Crippen LogP contribution is 2.17. The van der Waals surface area contributed by atoms with Crippen LogP contribution in [0.25, 0.3) is 0 Å². The number of aliphatic imine (C=N–C) groups is 1. The number of benzene rings is 2. The molecule has 1 unspecified atom stereocenters. The summed E-state index contributed by atoms with van der Waals surface area (Å²) >= 11 is 0. The van der Waals surface area contributed by atoms with Gasteiger partial charge in [-0.1, -0.05) is 42.5 Å². The zero-order valence-electron chi connectivity index (χ0n) is 19.5. The highest BCUT2D eigenvalue weighted by Gasteiger charge is 2.23. The van der Waals surface area contributed by atoms with E-state index in [1.54, 1.807) is 0 Å². The predicted octanol–water partition coefficient (Wildman–Crippen LogP) is 3.09. The molecule has 0 aromatic heterocycles. The Bertz CT molecular complexity index is 919. The maximum Gasteiger partial charge on any atom is 0.253 e. The van der Waals surface area contributed by atoms with Crippen LogP contribution in [0.5, 0.6) is 0 Å². The van der Waals surface area contributed by atoms with Gasteiger partial charge in [-0.25, -0.2) is 4.99 Å². The van der Waals surface area contributed by atoms with Gasteiger partial charge in [0.15, 0.2) is 5.96 Å². The molecule has 176 valence electrons. The minimum atomic E-state index is -0.326. The van der Waals surface area contributed by atoms with Gasteiger partial charge in [-0.15, -0.1) is 0 Å². The van der Waals surface area contributed by atoms with E-state index in [4.69, 9.17) is 9.73 Å². The third-order valence-corrected chi connectivity index (χ3v) is 6.08. The van der Waals surface area contributed by atoms with Crippen LogP contribution in [0.15, 0.2) is 59.6 Å². The molecular formula is C26H35N5O2. The average Bonchev–Trinajstić information content (AvgIpc) is 3.39. The topological polar surface area (TPSA) is 69.2 Å². The largest absolute Gasteiger partial charge is 0.368 e. The van der Waals surface area contributed by atoms with Gasteiger partial charge < -0.3 is 20.3 Å². The normalized spacial score (nSPS) is 19.5. The molecule has 2 aromatic rings. The Morgan fingerprint density at radius 2 is 1.85 bits per heavy atom. The number of hydrogen-bond acceptors (Lipinski definition) is 4. The molecule has 0 radical (unpaired) electrons. The van der Waals surface area contributed by atoms with Crippen LogP contribution in [-0.4, -0.2) is 67.1 Å². The first-order chi connectivity index (χ1) is 16.2. The average molecular weight is 450 g/mol. The fourth-order valence-electron chi connectivity index (χ4n) is 4.31. The molecule has 2 aromatic carbocycles. The number of ether oxygens (including phenoxy) is 1. The fourth-order valence-corrected chi connectivity index (χ4v) is 4.31. The first-order valence-corrected chi connectivity index (χ1v) is 12.0. The lowest BCUT2D eigenvalue weighted by molar-refractivity contribution is -0.124. The van der Waals surface area contributed by atoms with Crippen LogP contribution in [-0.2, 0) is 22.6 Å². The molecule has 7 heteroatoms. The van der Waals surface area contributed by atoms with Crippen molar-refractivity contribution in [2.24, 2.45) is 4.99 Å². The molecule has 2 aliphatic rings. The predicted molar refractivity (Wildman–Crippen MR) is 132 cm³/mol. The number of anilines is 1. The summed E-state index contributed by atoms with van der Waals surface area (Å²) in [7, 11) is 0. The summed E-state index contributed by atoms with van der Waals surface area (Å²) in [4.78, 5) is 22.1. The lowest BCUT2D eigenvalue weighted by Crippen LogP contribution is -2.52. The van der Waals surface area contributed by atoms with Crippen molar-refractivity contribution < 1.29 is 9.53 Å². The summed E-state index contributed by atoms with van der Waals surface area (Å²) in [6.45, 7) is 9.10. The molecule has 4 rings (SSSR count). The van der Waals surface area contributed by atoms with Crippen molar-refractivity contribution in [3.63, 3.8) is 0 Å². The third-order valence-electron chi connectivity index (χ3n) is 6.08. The molecular weight excluding hydrogens is 414 g/mol. The summed E-state index contributed by atoms with van der Waals surface area (Å²) in [5.41, 5.74) is 3.22. The number of carbonyl (C=O) groups excluding carboxylic acids is 1. The van der Waals surface area contributed by atoms with Gasteiger partial charge in [-0.2, -0.15) is 0 Å². The van der Waals surface area contributed by atoms with E-state index in [-0.39, 0.29) is 12.0 Å². The number of guanidine groups is 1. The number of amides is 1. The van der Waals surface area contributed by atoms with Crippen LogP contribution in [0, 0.1) is 0 Å². The number of nitrogens with zero attached hydrogens (tertiary/aromatic N) is 3. The van der Waals surface area contributed by atoms with Crippen molar-refractivity contribution >= 4 is 17.6 Å². The van der Waals surface area contributed by atoms with E-state index >= 15 is 0 Å². The molecule has 33 heavy (non-hydrogen) atoms. The Kier molecular flexibility index (Phi) is 8.33. The van der Waals surface area contributed by atoms with Gasteiger partial charge in [0, 0.05) is 51.6 Å². The molecule has 0 bridgehead atoms. The molecule has 2 aliphatic heterocycles. The quantitative estimate of drug-likeness (QED) is 0.502. The summed E-state index contributed by atoms with van der Waals surface area (Å²) in [6, 6.07) is 18.6. The lowest BCUT2D eigenvalue weighted by atomic mass is 10.2. The number of rotatable bonds is 7. The Morgan fingerprint density at radius 3 is 2.58 bits per heavy atom. The molecule has 0 saturated carbocycles. The molecule has 2 fully saturated rings. The number of nitrogens with one attached hydrogen (secondary N) is 2. The van der Waals surface area contributed by atoms with Crippen LogP contribution < -0.4 is 10.6 Å². The first kappa shape index (κ1) is 23.3. The Labute approximate surface area is 196 Å². The van der Waals surface area contributed by atoms with Crippen molar-refractivity contribution in [1.29, 1.82) is 0 Å². The highest BCUT2D eigenvalue weighted by molar-refractivity contribution is 5.94. The van der Waals surface area contributed by atoms with Crippen molar-refractivity contribution in [2.75, 3.05) is 44.6 Å². The van der Waals surface area contributed by atoms with E-state index in [9.17, 15) is 4.79 Å². The van der Waals surface area contributed by atoms with Crippen LogP contribution in [0.4, 0.5) is 5.69 Å². The van der Waals surface area contributed by atoms with Crippen molar-refractivity contribution in [3.8, 4) is 0 Å². The second-order valence-corrected chi connectivity index (χ2v) is 8.61. The van der Waals surface area contributed by atoms with Gasteiger partial charge in [-0.05, 0) is 43.0 Å². The Morgan fingerprint density at radius 1 is 1.06 bits per heavy atom. The van der Waals surface area contributed by atoms with Crippen molar-refractivity contribution in [3.05, 3.63) is 65.7 Å². The van der Waals surface area contributed by atoms with E-state index in [1.165, 1.54) is 5.56 Å². The second-order valence-electron chi connectivity index (χ2n) is 8.61. The van der Waals surface area contributed by atoms with Gasteiger partial charge >= 0.3 is 0 Å². The summed E-state index contributed by atoms with van der Waals surface area (Å²) in [5.74, 6) is 0.889. The van der Waals surface area contributed by atoms with Gasteiger partial charge in [-0.3, -0.25) is 9.69 Å². The smallest absolute Gasteiger partial charge is 0.253 e. The molecule has 1 amide bonds. The molecule has 2 N–H and O–H groups in total. The highest BCUT2D eigenvalue weighted by atomic mass is 16.5. The lowest BCUT2D eigenvalue weighted by Gasteiger charge is -2.36. The minimum absolute atomic E-state index is 0.0603. The van der Waals surface area contributed by atoms with Crippen LogP contribution >= 0.6 is 0 Å². The van der Waals surface area contributed by atoms with Crippen molar-refractivity contribution in [2.45, 2.75) is 39.0 Å².